The molecule has 4 nitrogen and oxygen atoms in total. The van der Waals surface area contributed by atoms with E-state index in [0.717, 1.165) is 25.2 Å². The molecule has 1 saturated carbocycles. The van der Waals surface area contributed by atoms with E-state index < -0.39 is 16.5 Å². The summed E-state index contributed by atoms with van der Waals surface area (Å²) in [5.41, 5.74) is 5.21. The summed E-state index contributed by atoms with van der Waals surface area (Å²) in [6, 6.07) is 0. The van der Waals surface area contributed by atoms with Gasteiger partial charge in [-0.1, -0.05) is 44.9 Å². The number of ketones is 1. The summed E-state index contributed by atoms with van der Waals surface area (Å²) in [4.78, 5) is 11.3. The third-order valence-corrected chi connectivity index (χ3v) is 4.21. The van der Waals surface area contributed by atoms with Crippen molar-refractivity contribution in [2.24, 2.45) is 11.7 Å². The second-order valence-corrected chi connectivity index (χ2v) is 5.93. The third kappa shape index (κ3) is 5.75. The van der Waals surface area contributed by atoms with Crippen LogP contribution in [0.15, 0.2) is 0 Å². The minimum absolute atomic E-state index is 0.291. The van der Waals surface area contributed by atoms with Gasteiger partial charge in [0.05, 0.1) is 0 Å². The normalized spacial score (nSPS) is 20.4. The van der Waals surface area contributed by atoms with Gasteiger partial charge in [-0.3, -0.25) is 9.00 Å². The fourth-order valence-electron chi connectivity index (χ4n) is 2.46. The van der Waals surface area contributed by atoms with E-state index in [1.54, 1.807) is 0 Å². The Balaban J connectivity index is 1.99. The van der Waals surface area contributed by atoms with E-state index in [1.165, 1.54) is 32.1 Å². The molecular formula is C12H22NO3S-. The molecule has 0 aromatic heterocycles. The summed E-state index contributed by atoms with van der Waals surface area (Å²) in [7, 11) is 0. The smallest absolute Gasteiger partial charge is 0.161 e. The SMILES string of the molecule is NC(C(=O)CCCCCC1CCCC1)S(=O)[O-]. The van der Waals surface area contributed by atoms with Crippen LogP contribution in [0.3, 0.4) is 0 Å². The van der Waals surface area contributed by atoms with E-state index in [4.69, 9.17) is 5.73 Å². The summed E-state index contributed by atoms with van der Waals surface area (Å²) in [5.74, 6) is 0.529. The van der Waals surface area contributed by atoms with Crippen LogP contribution in [0.4, 0.5) is 0 Å². The molecule has 1 rings (SSSR count). The number of carbonyl (C=O) groups is 1. The molecule has 0 aliphatic heterocycles. The molecule has 0 spiro atoms. The highest BCUT2D eigenvalue weighted by Crippen LogP contribution is 2.29. The summed E-state index contributed by atoms with van der Waals surface area (Å²) < 4.78 is 20.9. The predicted molar refractivity (Wildman–Crippen MR) is 66.9 cm³/mol. The van der Waals surface area contributed by atoms with E-state index in [-0.39, 0.29) is 5.78 Å². The lowest BCUT2D eigenvalue weighted by atomic mass is 9.99. The van der Waals surface area contributed by atoms with Crippen molar-refractivity contribution in [3.05, 3.63) is 0 Å². The van der Waals surface area contributed by atoms with Gasteiger partial charge in [-0.05, 0) is 23.4 Å². The molecule has 0 aromatic carbocycles. The van der Waals surface area contributed by atoms with Gasteiger partial charge in [0.2, 0.25) is 0 Å². The van der Waals surface area contributed by atoms with Crippen LogP contribution in [-0.2, 0) is 15.9 Å². The number of unbranched alkanes of at least 4 members (excludes halogenated alkanes) is 2. The van der Waals surface area contributed by atoms with Crippen LogP contribution in [0.25, 0.3) is 0 Å². The molecular weight excluding hydrogens is 238 g/mol. The van der Waals surface area contributed by atoms with Crippen molar-refractivity contribution in [3.8, 4) is 0 Å². The van der Waals surface area contributed by atoms with E-state index in [2.05, 4.69) is 0 Å². The number of carbonyl (C=O) groups excluding carboxylic acids is 1. The molecule has 1 aliphatic rings. The standard InChI is InChI=1S/C12H23NO3S/c13-12(17(15)16)11(14)9-3-1-2-6-10-7-4-5-8-10/h10,12H,1-9,13H2,(H,15,16)/p-1. The number of rotatable bonds is 8. The Morgan fingerprint density at radius 3 is 2.53 bits per heavy atom. The molecule has 0 bridgehead atoms. The molecule has 0 heterocycles. The van der Waals surface area contributed by atoms with Crippen molar-refractivity contribution < 1.29 is 13.6 Å². The van der Waals surface area contributed by atoms with Crippen molar-refractivity contribution >= 4 is 16.9 Å². The average Bonchev–Trinajstić information content (AvgIpc) is 2.80. The molecule has 100 valence electrons. The van der Waals surface area contributed by atoms with Gasteiger partial charge in [-0.2, -0.15) is 0 Å². The highest BCUT2D eigenvalue weighted by Gasteiger charge is 2.15. The third-order valence-electron chi connectivity index (χ3n) is 3.53. The fourth-order valence-corrected chi connectivity index (χ4v) is 2.79. The highest BCUT2D eigenvalue weighted by molar-refractivity contribution is 7.80. The molecule has 0 radical (unpaired) electrons. The summed E-state index contributed by atoms with van der Waals surface area (Å²) in [5, 5.41) is -1.33. The molecule has 0 amide bonds. The van der Waals surface area contributed by atoms with Gasteiger partial charge < -0.3 is 10.3 Å². The minimum atomic E-state index is -2.47. The zero-order valence-electron chi connectivity index (χ0n) is 10.2. The van der Waals surface area contributed by atoms with Crippen LogP contribution >= 0.6 is 0 Å². The Hall–Kier alpha value is -0.260. The van der Waals surface area contributed by atoms with Crippen molar-refractivity contribution in [1.82, 2.24) is 0 Å². The zero-order valence-corrected chi connectivity index (χ0v) is 11.0. The van der Waals surface area contributed by atoms with Gasteiger partial charge in [-0.15, -0.1) is 0 Å². The lowest BCUT2D eigenvalue weighted by Crippen LogP contribution is -2.34. The monoisotopic (exact) mass is 260 g/mol. The molecule has 2 atom stereocenters. The second kappa shape index (κ2) is 7.95. The molecule has 1 aliphatic carbocycles. The molecule has 0 aromatic rings. The van der Waals surface area contributed by atoms with Crippen molar-refractivity contribution in [2.75, 3.05) is 0 Å². The number of hydrogen-bond acceptors (Lipinski definition) is 4. The Morgan fingerprint density at radius 1 is 1.29 bits per heavy atom. The summed E-state index contributed by atoms with van der Waals surface area (Å²) in [6.45, 7) is 0. The van der Waals surface area contributed by atoms with E-state index >= 15 is 0 Å². The fraction of sp³-hybridized carbons (Fsp3) is 0.917. The minimum Gasteiger partial charge on any atom is -0.771 e. The van der Waals surface area contributed by atoms with Crippen LogP contribution in [-0.4, -0.2) is 19.9 Å². The number of nitrogens with two attached hydrogens (primary N) is 1. The Morgan fingerprint density at radius 2 is 1.94 bits per heavy atom. The Kier molecular flexibility index (Phi) is 6.92. The van der Waals surface area contributed by atoms with Gasteiger partial charge in [0.15, 0.2) is 5.78 Å². The van der Waals surface area contributed by atoms with E-state index in [0.29, 0.717) is 6.42 Å². The maximum atomic E-state index is 11.3. The molecule has 2 unspecified atom stereocenters. The Labute approximate surface area is 106 Å². The first kappa shape index (κ1) is 14.8. The summed E-state index contributed by atoms with van der Waals surface area (Å²) in [6.07, 6.45) is 9.91. The van der Waals surface area contributed by atoms with Gasteiger partial charge >= 0.3 is 0 Å². The first-order chi connectivity index (χ1) is 8.11. The molecule has 1 fully saturated rings. The molecule has 2 N–H and O–H groups in total. The van der Waals surface area contributed by atoms with Crippen LogP contribution in [0.5, 0.6) is 0 Å². The lowest BCUT2D eigenvalue weighted by molar-refractivity contribution is -0.118. The molecule has 0 saturated heterocycles. The van der Waals surface area contributed by atoms with Crippen molar-refractivity contribution in [3.63, 3.8) is 0 Å². The van der Waals surface area contributed by atoms with Crippen LogP contribution in [0.2, 0.25) is 0 Å². The molecule has 5 heteroatoms. The Bertz CT molecular complexity index is 264. The van der Waals surface area contributed by atoms with Crippen LogP contribution in [0.1, 0.15) is 57.8 Å². The van der Waals surface area contributed by atoms with E-state index in [1.807, 2.05) is 0 Å². The van der Waals surface area contributed by atoms with Gasteiger partial charge in [0.1, 0.15) is 5.37 Å². The van der Waals surface area contributed by atoms with Gasteiger partial charge in [-0.25, -0.2) is 0 Å². The van der Waals surface area contributed by atoms with Crippen molar-refractivity contribution in [1.29, 1.82) is 0 Å². The quantitative estimate of drug-likeness (QED) is 0.533. The zero-order chi connectivity index (χ0) is 12.7. The number of Topliss-reactive ketones (excluding diaryl/α,β-unsaturated/α-hetero) is 1. The maximum absolute atomic E-state index is 11.3. The second-order valence-electron chi connectivity index (χ2n) is 4.90. The maximum Gasteiger partial charge on any atom is 0.161 e. The van der Waals surface area contributed by atoms with Crippen LogP contribution < -0.4 is 5.73 Å². The average molecular weight is 260 g/mol. The van der Waals surface area contributed by atoms with E-state index in [9.17, 15) is 13.6 Å². The topological polar surface area (TPSA) is 83.2 Å². The first-order valence-corrected chi connectivity index (χ1v) is 7.61. The first-order valence-electron chi connectivity index (χ1n) is 6.47. The van der Waals surface area contributed by atoms with Gasteiger partial charge in [0, 0.05) is 6.42 Å². The lowest BCUT2D eigenvalue weighted by Gasteiger charge is -2.13. The molecule has 17 heavy (non-hydrogen) atoms. The highest BCUT2D eigenvalue weighted by atomic mass is 32.2. The number of hydrogen-bond donors (Lipinski definition) is 1. The largest absolute Gasteiger partial charge is 0.771 e. The van der Waals surface area contributed by atoms with Gasteiger partial charge in [0.25, 0.3) is 0 Å². The van der Waals surface area contributed by atoms with Crippen molar-refractivity contribution in [2.45, 2.75) is 63.2 Å². The summed E-state index contributed by atoms with van der Waals surface area (Å²) >= 11 is -2.47. The predicted octanol–water partition coefficient (Wildman–Crippen LogP) is 1.86. The van der Waals surface area contributed by atoms with Crippen LogP contribution in [0, 0.1) is 5.92 Å².